The third-order valence-corrected chi connectivity index (χ3v) is 3.90. The maximum Gasteiger partial charge on any atom is 0.310 e. The van der Waals surface area contributed by atoms with Gasteiger partial charge >= 0.3 is 11.9 Å². The number of hydrogen-bond acceptors (Lipinski definition) is 2. The summed E-state index contributed by atoms with van der Waals surface area (Å²) in [5.74, 6) is -2.78. The Morgan fingerprint density at radius 3 is 2.00 bits per heavy atom. The van der Waals surface area contributed by atoms with Crippen LogP contribution < -0.4 is 0 Å². The Balaban J connectivity index is 3.16. The van der Waals surface area contributed by atoms with Crippen molar-refractivity contribution in [1.82, 2.24) is 0 Å². The van der Waals surface area contributed by atoms with Crippen molar-refractivity contribution in [3.05, 3.63) is 0 Å². The Labute approximate surface area is 82.9 Å². The molecule has 4 heteroatoms. The highest BCUT2D eigenvalue weighted by molar-refractivity contribution is 5.84. The zero-order valence-electron chi connectivity index (χ0n) is 8.70. The Morgan fingerprint density at radius 1 is 1.21 bits per heavy atom. The average molecular weight is 200 g/mol. The fraction of sp³-hybridized carbons (Fsp3) is 0.800. The standard InChI is InChI=1S/C10H16O4/c1-9(2)5-4-6(7(11)12)10(9,3)8(13)14/h6H,4-5H2,1-3H3,(H,11,12)(H,13,14). The zero-order chi connectivity index (χ0) is 11.1. The molecule has 2 unspecified atom stereocenters. The van der Waals surface area contributed by atoms with Crippen LogP contribution in [-0.2, 0) is 9.59 Å². The van der Waals surface area contributed by atoms with Gasteiger partial charge in [0.1, 0.15) is 0 Å². The summed E-state index contributed by atoms with van der Waals surface area (Å²) in [6.07, 6.45) is 1.10. The van der Waals surface area contributed by atoms with Gasteiger partial charge in [0.05, 0.1) is 11.3 Å². The van der Waals surface area contributed by atoms with Crippen molar-refractivity contribution in [1.29, 1.82) is 0 Å². The SMILES string of the molecule is CC1(C)CCC(C(=O)O)C1(C)C(=O)O. The van der Waals surface area contributed by atoms with Crippen molar-refractivity contribution in [3.63, 3.8) is 0 Å². The van der Waals surface area contributed by atoms with Crippen LogP contribution in [-0.4, -0.2) is 22.2 Å². The molecule has 0 aromatic carbocycles. The minimum absolute atomic E-state index is 0.450. The van der Waals surface area contributed by atoms with Gasteiger partial charge in [-0.15, -0.1) is 0 Å². The van der Waals surface area contributed by atoms with E-state index in [2.05, 4.69) is 0 Å². The van der Waals surface area contributed by atoms with Crippen molar-refractivity contribution in [2.24, 2.45) is 16.7 Å². The first-order valence-electron chi connectivity index (χ1n) is 4.69. The summed E-state index contributed by atoms with van der Waals surface area (Å²) in [7, 11) is 0. The van der Waals surface area contributed by atoms with Crippen LogP contribution in [0.3, 0.4) is 0 Å². The van der Waals surface area contributed by atoms with E-state index < -0.39 is 28.7 Å². The molecule has 1 aliphatic rings. The quantitative estimate of drug-likeness (QED) is 0.710. The van der Waals surface area contributed by atoms with E-state index >= 15 is 0 Å². The number of carboxylic acids is 2. The van der Waals surface area contributed by atoms with E-state index in [9.17, 15) is 9.59 Å². The van der Waals surface area contributed by atoms with Gasteiger partial charge in [-0.3, -0.25) is 9.59 Å². The number of carboxylic acid groups (broad SMARTS) is 2. The molecule has 0 saturated heterocycles. The summed E-state index contributed by atoms with van der Waals surface area (Å²) < 4.78 is 0. The van der Waals surface area contributed by atoms with Crippen molar-refractivity contribution in [2.45, 2.75) is 33.6 Å². The minimum Gasteiger partial charge on any atom is -0.481 e. The van der Waals surface area contributed by atoms with E-state index in [0.717, 1.165) is 0 Å². The zero-order valence-corrected chi connectivity index (χ0v) is 8.70. The normalized spacial score (nSPS) is 35.5. The fourth-order valence-electron chi connectivity index (χ4n) is 2.33. The molecule has 80 valence electrons. The monoisotopic (exact) mass is 200 g/mol. The van der Waals surface area contributed by atoms with Crippen LogP contribution in [0.2, 0.25) is 0 Å². The van der Waals surface area contributed by atoms with E-state index in [-0.39, 0.29) is 0 Å². The highest BCUT2D eigenvalue weighted by Crippen LogP contribution is 2.56. The molecular formula is C10H16O4. The predicted octanol–water partition coefficient (Wildman–Crippen LogP) is 1.60. The molecule has 1 fully saturated rings. The van der Waals surface area contributed by atoms with Gasteiger partial charge in [0.2, 0.25) is 0 Å². The summed E-state index contributed by atoms with van der Waals surface area (Å²) >= 11 is 0. The predicted molar refractivity (Wildman–Crippen MR) is 49.9 cm³/mol. The lowest BCUT2D eigenvalue weighted by Crippen LogP contribution is -2.44. The molecule has 1 saturated carbocycles. The number of rotatable bonds is 2. The van der Waals surface area contributed by atoms with Crippen LogP contribution in [0.15, 0.2) is 0 Å². The maximum atomic E-state index is 11.2. The van der Waals surface area contributed by atoms with E-state index in [1.807, 2.05) is 13.8 Å². The van der Waals surface area contributed by atoms with Crippen LogP contribution in [0.25, 0.3) is 0 Å². The molecule has 0 heterocycles. The smallest absolute Gasteiger partial charge is 0.310 e. The van der Waals surface area contributed by atoms with E-state index in [1.165, 1.54) is 0 Å². The fourth-order valence-corrected chi connectivity index (χ4v) is 2.33. The minimum atomic E-state index is -1.15. The number of hydrogen-bond donors (Lipinski definition) is 2. The second-order valence-electron chi connectivity index (χ2n) is 4.82. The molecule has 0 aliphatic heterocycles. The lowest BCUT2D eigenvalue weighted by molar-refractivity contribution is -0.165. The Bertz CT molecular complexity index is 282. The third kappa shape index (κ3) is 1.21. The van der Waals surface area contributed by atoms with Gasteiger partial charge in [0.15, 0.2) is 0 Å². The van der Waals surface area contributed by atoms with E-state index in [1.54, 1.807) is 6.92 Å². The highest BCUT2D eigenvalue weighted by atomic mass is 16.4. The van der Waals surface area contributed by atoms with Crippen molar-refractivity contribution in [3.8, 4) is 0 Å². The first-order valence-corrected chi connectivity index (χ1v) is 4.69. The van der Waals surface area contributed by atoms with Crippen LogP contribution in [0.4, 0.5) is 0 Å². The summed E-state index contributed by atoms with van der Waals surface area (Å²) in [6.45, 7) is 5.19. The Kier molecular flexibility index (Phi) is 2.34. The molecule has 0 aromatic rings. The highest BCUT2D eigenvalue weighted by Gasteiger charge is 2.59. The van der Waals surface area contributed by atoms with Crippen LogP contribution >= 0.6 is 0 Å². The third-order valence-electron chi connectivity index (χ3n) is 3.90. The van der Waals surface area contributed by atoms with Gasteiger partial charge in [0.25, 0.3) is 0 Å². The molecule has 2 N–H and O–H groups in total. The topological polar surface area (TPSA) is 74.6 Å². The van der Waals surface area contributed by atoms with Gasteiger partial charge in [-0.1, -0.05) is 13.8 Å². The Morgan fingerprint density at radius 2 is 1.71 bits per heavy atom. The molecule has 0 amide bonds. The molecule has 1 aliphatic carbocycles. The van der Waals surface area contributed by atoms with Crippen LogP contribution in [0.5, 0.6) is 0 Å². The van der Waals surface area contributed by atoms with Gasteiger partial charge in [-0.25, -0.2) is 0 Å². The maximum absolute atomic E-state index is 11.2. The van der Waals surface area contributed by atoms with Gasteiger partial charge in [0, 0.05) is 0 Å². The molecule has 0 radical (unpaired) electrons. The average Bonchev–Trinajstić information content (AvgIpc) is 2.24. The Hall–Kier alpha value is -1.06. The number of aliphatic carboxylic acids is 2. The number of carbonyl (C=O) groups is 2. The molecule has 14 heavy (non-hydrogen) atoms. The van der Waals surface area contributed by atoms with Gasteiger partial charge in [-0.2, -0.15) is 0 Å². The molecule has 0 aromatic heterocycles. The van der Waals surface area contributed by atoms with E-state index in [4.69, 9.17) is 10.2 Å². The lowest BCUT2D eigenvalue weighted by Gasteiger charge is -2.36. The van der Waals surface area contributed by atoms with Crippen LogP contribution in [0, 0.1) is 16.7 Å². The lowest BCUT2D eigenvalue weighted by atomic mass is 9.65. The molecule has 1 rings (SSSR count). The van der Waals surface area contributed by atoms with Crippen molar-refractivity contribution in [2.75, 3.05) is 0 Å². The van der Waals surface area contributed by atoms with Gasteiger partial charge in [-0.05, 0) is 25.2 Å². The summed E-state index contributed by atoms with van der Waals surface area (Å²) in [4.78, 5) is 22.1. The summed E-state index contributed by atoms with van der Waals surface area (Å²) in [5, 5.41) is 18.1. The van der Waals surface area contributed by atoms with Crippen molar-refractivity contribution < 1.29 is 19.8 Å². The first-order chi connectivity index (χ1) is 6.23. The summed E-state index contributed by atoms with van der Waals surface area (Å²) in [5.41, 5.74) is -1.61. The van der Waals surface area contributed by atoms with E-state index in [0.29, 0.717) is 12.8 Å². The molecular weight excluding hydrogens is 184 g/mol. The van der Waals surface area contributed by atoms with Crippen molar-refractivity contribution >= 4 is 11.9 Å². The second kappa shape index (κ2) is 2.97. The second-order valence-corrected chi connectivity index (χ2v) is 4.82. The van der Waals surface area contributed by atoms with Crippen LogP contribution in [0.1, 0.15) is 33.6 Å². The molecule has 0 bridgehead atoms. The molecule has 4 nitrogen and oxygen atoms in total. The van der Waals surface area contributed by atoms with Gasteiger partial charge < -0.3 is 10.2 Å². The first kappa shape index (κ1) is 11.0. The largest absolute Gasteiger partial charge is 0.481 e. The summed E-state index contributed by atoms with van der Waals surface area (Å²) in [6, 6.07) is 0. The molecule has 0 spiro atoms. The molecule has 2 atom stereocenters.